The van der Waals surface area contributed by atoms with Gasteiger partial charge in [0.1, 0.15) is 6.04 Å². The zero-order valence-electron chi connectivity index (χ0n) is 10.6. The van der Waals surface area contributed by atoms with Crippen LogP contribution in [0.3, 0.4) is 0 Å². The zero-order chi connectivity index (χ0) is 14.9. The molecule has 1 aromatic rings. The van der Waals surface area contributed by atoms with Gasteiger partial charge in [0.2, 0.25) is 0 Å². The van der Waals surface area contributed by atoms with Crippen molar-refractivity contribution in [3.8, 4) is 0 Å². The summed E-state index contributed by atoms with van der Waals surface area (Å²) in [5.74, 6) is -0.504. The number of alkyl halides is 3. The van der Waals surface area contributed by atoms with Crippen LogP contribution in [0.4, 0.5) is 18.9 Å². The minimum Gasteiger partial charge on any atom is -0.467 e. The maximum Gasteiger partial charge on any atom is 0.418 e. The molecule has 2 rings (SSSR count). The van der Waals surface area contributed by atoms with Crippen molar-refractivity contribution in [1.29, 1.82) is 0 Å². The van der Waals surface area contributed by atoms with Crippen molar-refractivity contribution >= 4 is 27.6 Å². The fourth-order valence-electron chi connectivity index (χ4n) is 1.97. The average Bonchev–Trinajstić information content (AvgIpc) is 3.19. The van der Waals surface area contributed by atoms with Crippen molar-refractivity contribution in [2.24, 2.45) is 5.92 Å². The van der Waals surface area contributed by atoms with Gasteiger partial charge in [0, 0.05) is 10.2 Å². The van der Waals surface area contributed by atoms with Gasteiger partial charge in [-0.3, -0.25) is 0 Å². The molecule has 1 aliphatic carbocycles. The molecule has 1 aromatic carbocycles. The molecular weight excluding hydrogens is 339 g/mol. The summed E-state index contributed by atoms with van der Waals surface area (Å²) in [6, 6.07) is 3.07. The maximum atomic E-state index is 13.0. The second kappa shape index (κ2) is 5.63. The Bertz CT molecular complexity index is 515. The normalized spacial score (nSPS) is 16.6. The zero-order valence-corrected chi connectivity index (χ0v) is 12.2. The summed E-state index contributed by atoms with van der Waals surface area (Å²) >= 11 is 3.02. The number of anilines is 1. The lowest BCUT2D eigenvalue weighted by Crippen LogP contribution is -2.33. The van der Waals surface area contributed by atoms with Crippen LogP contribution in [0.1, 0.15) is 18.4 Å². The number of halogens is 4. The first-order chi connectivity index (χ1) is 9.32. The number of ether oxygens (including phenoxy) is 1. The third kappa shape index (κ3) is 3.45. The maximum absolute atomic E-state index is 13.0. The van der Waals surface area contributed by atoms with Crippen LogP contribution in [0.25, 0.3) is 0 Å². The summed E-state index contributed by atoms with van der Waals surface area (Å²) in [5, 5.41) is 2.68. The molecule has 1 saturated carbocycles. The minimum absolute atomic E-state index is 0.0344. The van der Waals surface area contributed by atoms with Crippen molar-refractivity contribution in [2.45, 2.75) is 25.1 Å². The summed E-state index contributed by atoms with van der Waals surface area (Å²) < 4.78 is 44.0. The number of carbonyl (C=O) groups excluding carboxylic acids is 1. The molecule has 1 aliphatic rings. The molecule has 0 spiro atoms. The van der Waals surface area contributed by atoms with Gasteiger partial charge in [-0.2, -0.15) is 13.2 Å². The van der Waals surface area contributed by atoms with E-state index in [0.717, 1.165) is 18.9 Å². The second-order valence-electron chi connectivity index (χ2n) is 4.67. The number of rotatable bonds is 4. The highest BCUT2D eigenvalue weighted by Crippen LogP contribution is 2.39. The Morgan fingerprint density at radius 2 is 2.10 bits per heavy atom. The van der Waals surface area contributed by atoms with Crippen molar-refractivity contribution in [1.82, 2.24) is 0 Å². The van der Waals surface area contributed by atoms with E-state index >= 15 is 0 Å². The SMILES string of the molecule is COC(=O)C(Nc1ccc(Br)cc1C(F)(F)F)C1CC1. The van der Waals surface area contributed by atoms with E-state index in [1.54, 1.807) is 0 Å². The first-order valence-electron chi connectivity index (χ1n) is 6.04. The molecule has 1 atom stereocenters. The van der Waals surface area contributed by atoms with Crippen LogP contribution in [-0.4, -0.2) is 19.1 Å². The van der Waals surface area contributed by atoms with E-state index in [2.05, 4.69) is 26.0 Å². The van der Waals surface area contributed by atoms with Crippen molar-refractivity contribution in [3.63, 3.8) is 0 Å². The van der Waals surface area contributed by atoms with Gasteiger partial charge in [-0.05, 0) is 37.0 Å². The smallest absolute Gasteiger partial charge is 0.418 e. The van der Waals surface area contributed by atoms with Gasteiger partial charge < -0.3 is 10.1 Å². The Morgan fingerprint density at radius 1 is 1.45 bits per heavy atom. The van der Waals surface area contributed by atoms with Gasteiger partial charge >= 0.3 is 12.1 Å². The summed E-state index contributed by atoms with van der Waals surface area (Å²) in [7, 11) is 1.23. The van der Waals surface area contributed by atoms with Crippen molar-refractivity contribution in [2.75, 3.05) is 12.4 Å². The topological polar surface area (TPSA) is 38.3 Å². The molecule has 1 fully saturated rings. The molecular formula is C13H13BrF3NO2. The Morgan fingerprint density at radius 3 is 2.60 bits per heavy atom. The molecule has 1 N–H and O–H groups in total. The van der Waals surface area contributed by atoms with E-state index in [0.29, 0.717) is 4.47 Å². The van der Waals surface area contributed by atoms with E-state index in [1.807, 2.05) is 0 Å². The number of hydrogen-bond acceptors (Lipinski definition) is 3. The Hall–Kier alpha value is -1.24. The van der Waals surface area contributed by atoms with Gasteiger partial charge in [0.15, 0.2) is 0 Å². The van der Waals surface area contributed by atoms with Crippen LogP contribution >= 0.6 is 15.9 Å². The molecule has 0 heterocycles. The average molecular weight is 352 g/mol. The van der Waals surface area contributed by atoms with Crippen molar-refractivity contribution in [3.05, 3.63) is 28.2 Å². The van der Waals surface area contributed by atoms with E-state index in [-0.39, 0.29) is 11.6 Å². The molecule has 0 radical (unpaired) electrons. The van der Waals surface area contributed by atoms with Crippen LogP contribution in [0.15, 0.2) is 22.7 Å². The Balaban J connectivity index is 2.30. The lowest BCUT2D eigenvalue weighted by Gasteiger charge is -2.20. The lowest BCUT2D eigenvalue weighted by atomic mass is 10.1. The highest BCUT2D eigenvalue weighted by atomic mass is 79.9. The summed E-state index contributed by atoms with van der Waals surface area (Å²) in [6.07, 6.45) is -2.87. The molecule has 0 amide bonds. The number of benzene rings is 1. The fraction of sp³-hybridized carbons (Fsp3) is 0.462. The van der Waals surface area contributed by atoms with Gasteiger partial charge in [-0.15, -0.1) is 0 Å². The first kappa shape index (κ1) is 15.2. The highest BCUT2D eigenvalue weighted by Gasteiger charge is 2.39. The molecule has 110 valence electrons. The van der Waals surface area contributed by atoms with Crippen LogP contribution in [-0.2, 0) is 15.7 Å². The summed E-state index contributed by atoms with van der Waals surface area (Å²) in [5.41, 5.74) is -0.913. The van der Waals surface area contributed by atoms with Crippen LogP contribution in [0, 0.1) is 5.92 Å². The Labute approximate surface area is 122 Å². The first-order valence-corrected chi connectivity index (χ1v) is 6.83. The van der Waals surface area contributed by atoms with Gasteiger partial charge in [-0.1, -0.05) is 15.9 Å². The molecule has 7 heteroatoms. The molecule has 0 aromatic heterocycles. The van der Waals surface area contributed by atoms with Crippen LogP contribution in [0.2, 0.25) is 0 Å². The largest absolute Gasteiger partial charge is 0.467 e. The van der Waals surface area contributed by atoms with Crippen LogP contribution in [0.5, 0.6) is 0 Å². The molecule has 0 saturated heterocycles. The third-order valence-corrected chi connectivity index (χ3v) is 3.64. The molecule has 3 nitrogen and oxygen atoms in total. The number of nitrogens with one attached hydrogen (secondary N) is 1. The van der Waals surface area contributed by atoms with E-state index < -0.39 is 23.8 Å². The van der Waals surface area contributed by atoms with E-state index in [4.69, 9.17) is 0 Å². The summed E-state index contributed by atoms with van der Waals surface area (Å²) in [4.78, 5) is 11.7. The highest BCUT2D eigenvalue weighted by molar-refractivity contribution is 9.10. The Kier molecular flexibility index (Phi) is 4.27. The van der Waals surface area contributed by atoms with Crippen molar-refractivity contribution < 1.29 is 22.7 Å². The molecule has 0 bridgehead atoms. The quantitative estimate of drug-likeness (QED) is 0.837. The van der Waals surface area contributed by atoms with Gasteiger partial charge in [-0.25, -0.2) is 4.79 Å². The van der Waals surface area contributed by atoms with E-state index in [9.17, 15) is 18.0 Å². The summed E-state index contributed by atoms with van der Waals surface area (Å²) in [6.45, 7) is 0. The number of methoxy groups -OCH3 is 1. The second-order valence-corrected chi connectivity index (χ2v) is 5.59. The van der Waals surface area contributed by atoms with E-state index in [1.165, 1.54) is 19.2 Å². The molecule has 1 unspecified atom stereocenters. The number of carbonyl (C=O) groups is 1. The molecule has 20 heavy (non-hydrogen) atoms. The standard InChI is InChI=1S/C13H13BrF3NO2/c1-20-12(19)11(7-2-3-7)18-10-5-4-8(14)6-9(10)13(15,16)17/h4-7,11,18H,2-3H2,1H3. The minimum atomic E-state index is -4.49. The number of esters is 1. The predicted molar refractivity (Wildman–Crippen MR) is 71.3 cm³/mol. The molecule has 0 aliphatic heterocycles. The van der Waals surface area contributed by atoms with Gasteiger partial charge in [0.25, 0.3) is 0 Å². The van der Waals surface area contributed by atoms with Crippen LogP contribution < -0.4 is 5.32 Å². The van der Waals surface area contributed by atoms with Gasteiger partial charge in [0.05, 0.1) is 12.7 Å². The predicted octanol–water partition coefficient (Wildman–Crippen LogP) is 3.83. The lowest BCUT2D eigenvalue weighted by molar-refractivity contribution is -0.142. The number of hydrogen-bond donors (Lipinski definition) is 1. The fourth-order valence-corrected chi connectivity index (χ4v) is 2.33. The monoisotopic (exact) mass is 351 g/mol. The third-order valence-electron chi connectivity index (χ3n) is 3.15.